The minimum absolute atomic E-state index is 0.703. The minimum atomic E-state index is -0.703. The number of rotatable bonds is 4. The Morgan fingerprint density at radius 3 is 2.60 bits per heavy atom. The Morgan fingerprint density at radius 2 is 1.80 bits per heavy atom. The number of pyridine rings is 1. The molecule has 2 aromatic carbocycles. The molecule has 3 nitrogen and oxygen atoms in total. The van der Waals surface area contributed by atoms with Gasteiger partial charge in [0.2, 0.25) is 0 Å². The highest BCUT2D eigenvalue weighted by molar-refractivity contribution is 8.01. The quantitative estimate of drug-likeness (QED) is 0.538. The van der Waals surface area contributed by atoms with Crippen LogP contribution in [0.25, 0.3) is 10.2 Å². The number of benzene rings is 2. The third-order valence-electron chi connectivity index (χ3n) is 3.95. The maximum atomic E-state index is 10.8. The fourth-order valence-electron chi connectivity index (χ4n) is 2.60. The van der Waals surface area contributed by atoms with Crippen molar-refractivity contribution in [2.24, 2.45) is 0 Å². The molecule has 0 bridgehead atoms. The van der Waals surface area contributed by atoms with Crippen molar-refractivity contribution in [1.29, 1.82) is 0 Å². The molecule has 4 rings (SSSR count). The van der Waals surface area contributed by atoms with Gasteiger partial charge in [0.1, 0.15) is 11.1 Å². The summed E-state index contributed by atoms with van der Waals surface area (Å²) in [6, 6.07) is 19.8. The van der Waals surface area contributed by atoms with Gasteiger partial charge in [-0.25, -0.2) is 9.97 Å². The number of aliphatic hydroxyl groups is 1. The lowest BCUT2D eigenvalue weighted by Crippen LogP contribution is -2.02. The number of aliphatic hydroxyl groups excluding tert-OH is 1. The molecule has 0 saturated heterocycles. The van der Waals surface area contributed by atoms with E-state index in [4.69, 9.17) is 0 Å². The molecule has 0 aliphatic rings. The van der Waals surface area contributed by atoms with Gasteiger partial charge in [-0.2, -0.15) is 0 Å². The summed E-state index contributed by atoms with van der Waals surface area (Å²) in [6.45, 7) is 2.04. The van der Waals surface area contributed by atoms with Crippen LogP contribution in [0.1, 0.15) is 22.8 Å². The van der Waals surface area contributed by atoms with Crippen molar-refractivity contribution in [3.63, 3.8) is 0 Å². The van der Waals surface area contributed by atoms with Crippen molar-refractivity contribution in [2.75, 3.05) is 0 Å². The van der Waals surface area contributed by atoms with Gasteiger partial charge in [-0.3, -0.25) is 0 Å². The highest BCUT2D eigenvalue weighted by atomic mass is 32.2. The predicted octanol–water partition coefficient (Wildman–Crippen LogP) is 5.23. The smallest absolute Gasteiger partial charge is 0.157 e. The first-order valence-electron chi connectivity index (χ1n) is 7.94. The number of para-hydroxylation sites is 1. The van der Waals surface area contributed by atoms with E-state index in [1.165, 1.54) is 17.3 Å². The van der Waals surface area contributed by atoms with Gasteiger partial charge < -0.3 is 5.11 Å². The third kappa shape index (κ3) is 3.44. The van der Waals surface area contributed by atoms with E-state index in [1.807, 2.05) is 61.5 Å². The van der Waals surface area contributed by atoms with Crippen molar-refractivity contribution in [1.82, 2.24) is 9.97 Å². The van der Waals surface area contributed by atoms with E-state index in [0.29, 0.717) is 0 Å². The molecular weight excluding hydrogens is 348 g/mol. The van der Waals surface area contributed by atoms with Gasteiger partial charge in [-0.05, 0) is 42.4 Å². The summed E-state index contributed by atoms with van der Waals surface area (Å²) in [5, 5.41) is 11.6. The molecule has 5 heteroatoms. The van der Waals surface area contributed by atoms with Gasteiger partial charge in [0.15, 0.2) is 4.34 Å². The van der Waals surface area contributed by atoms with Crippen molar-refractivity contribution < 1.29 is 5.11 Å². The molecule has 0 saturated carbocycles. The zero-order valence-corrected chi connectivity index (χ0v) is 15.2. The Bertz CT molecular complexity index is 979. The largest absolute Gasteiger partial charge is 0.384 e. The number of fused-ring (bicyclic) bond motifs is 1. The fourth-order valence-corrected chi connectivity index (χ4v) is 4.69. The zero-order chi connectivity index (χ0) is 17.2. The van der Waals surface area contributed by atoms with Gasteiger partial charge in [-0.1, -0.05) is 48.0 Å². The number of thiazole rings is 1. The molecule has 1 N–H and O–H groups in total. The van der Waals surface area contributed by atoms with Gasteiger partial charge in [-0.15, -0.1) is 11.3 Å². The highest BCUT2D eigenvalue weighted by Crippen LogP contribution is 2.37. The van der Waals surface area contributed by atoms with E-state index in [0.717, 1.165) is 30.7 Å². The molecule has 124 valence electrons. The standard InChI is InChI=1S/C20H16N2OS2/c1-13-8-10-14(11-9-13)18(23)15-5-4-12-21-19(15)25-20-22-16-6-2-3-7-17(16)24-20/h2-12,18,23H,1H3. The van der Waals surface area contributed by atoms with Crippen molar-refractivity contribution in [3.05, 3.63) is 83.6 Å². The lowest BCUT2D eigenvalue weighted by atomic mass is 10.0. The average molecular weight is 364 g/mol. The summed E-state index contributed by atoms with van der Waals surface area (Å²) >= 11 is 3.14. The van der Waals surface area contributed by atoms with Crippen LogP contribution in [0.4, 0.5) is 0 Å². The number of nitrogens with zero attached hydrogens (tertiary/aromatic N) is 2. The summed E-state index contributed by atoms with van der Waals surface area (Å²) in [5.41, 5.74) is 3.83. The topological polar surface area (TPSA) is 46.0 Å². The van der Waals surface area contributed by atoms with E-state index >= 15 is 0 Å². The summed E-state index contributed by atoms with van der Waals surface area (Å²) in [5.74, 6) is 0. The lowest BCUT2D eigenvalue weighted by Gasteiger charge is -2.14. The Balaban J connectivity index is 1.67. The summed E-state index contributed by atoms with van der Waals surface area (Å²) in [6.07, 6.45) is 1.05. The number of aryl methyl sites for hydroxylation is 1. The molecule has 1 unspecified atom stereocenters. The monoisotopic (exact) mass is 364 g/mol. The van der Waals surface area contributed by atoms with Crippen LogP contribution in [0.2, 0.25) is 0 Å². The van der Waals surface area contributed by atoms with E-state index in [2.05, 4.69) is 16.0 Å². The molecular formula is C20H16N2OS2. The summed E-state index contributed by atoms with van der Waals surface area (Å²) < 4.78 is 2.08. The summed E-state index contributed by atoms with van der Waals surface area (Å²) in [7, 11) is 0. The number of aromatic nitrogens is 2. The second-order valence-electron chi connectivity index (χ2n) is 5.76. The molecule has 1 atom stereocenters. The maximum Gasteiger partial charge on any atom is 0.157 e. The van der Waals surface area contributed by atoms with Gasteiger partial charge in [0, 0.05) is 11.8 Å². The second-order valence-corrected chi connectivity index (χ2v) is 8.03. The van der Waals surface area contributed by atoms with E-state index in [1.54, 1.807) is 17.5 Å². The molecule has 2 aromatic heterocycles. The number of hydrogen-bond acceptors (Lipinski definition) is 5. The fraction of sp³-hybridized carbons (Fsp3) is 0.100. The van der Waals surface area contributed by atoms with Gasteiger partial charge >= 0.3 is 0 Å². The highest BCUT2D eigenvalue weighted by Gasteiger charge is 2.17. The summed E-state index contributed by atoms with van der Waals surface area (Å²) in [4.78, 5) is 9.13. The first kappa shape index (κ1) is 16.3. The van der Waals surface area contributed by atoms with Crippen molar-refractivity contribution in [3.8, 4) is 0 Å². The molecule has 2 heterocycles. The first-order valence-corrected chi connectivity index (χ1v) is 9.57. The molecule has 0 fully saturated rings. The average Bonchev–Trinajstić information content (AvgIpc) is 3.04. The van der Waals surface area contributed by atoms with Crippen molar-refractivity contribution >= 4 is 33.3 Å². The van der Waals surface area contributed by atoms with Crippen LogP contribution < -0.4 is 0 Å². The van der Waals surface area contributed by atoms with Crippen LogP contribution in [0.15, 0.2) is 76.2 Å². The first-order chi connectivity index (χ1) is 12.2. The predicted molar refractivity (Wildman–Crippen MR) is 103 cm³/mol. The van der Waals surface area contributed by atoms with Crippen LogP contribution >= 0.6 is 23.1 Å². The van der Waals surface area contributed by atoms with Gasteiger partial charge in [0.25, 0.3) is 0 Å². The molecule has 0 amide bonds. The molecule has 0 radical (unpaired) electrons. The second kappa shape index (κ2) is 6.96. The van der Waals surface area contributed by atoms with Crippen molar-refractivity contribution in [2.45, 2.75) is 22.4 Å². The van der Waals surface area contributed by atoms with Gasteiger partial charge in [0.05, 0.1) is 10.2 Å². The molecule has 0 spiro atoms. The van der Waals surface area contributed by atoms with Crippen LogP contribution in [0, 0.1) is 6.92 Å². The molecule has 25 heavy (non-hydrogen) atoms. The Morgan fingerprint density at radius 1 is 1.00 bits per heavy atom. The van der Waals surface area contributed by atoms with E-state index < -0.39 is 6.10 Å². The van der Waals surface area contributed by atoms with Crippen LogP contribution in [-0.4, -0.2) is 15.1 Å². The normalized spacial score (nSPS) is 12.4. The van der Waals surface area contributed by atoms with Crippen LogP contribution in [0.3, 0.4) is 0 Å². The minimum Gasteiger partial charge on any atom is -0.384 e. The van der Waals surface area contributed by atoms with E-state index in [9.17, 15) is 5.11 Å². The molecule has 4 aromatic rings. The third-order valence-corrected chi connectivity index (χ3v) is 6.08. The van der Waals surface area contributed by atoms with Crippen LogP contribution in [-0.2, 0) is 0 Å². The zero-order valence-electron chi connectivity index (χ0n) is 13.6. The lowest BCUT2D eigenvalue weighted by molar-refractivity contribution is 0.216. The maximum absolute atomic E-state index is 10.8. The SMILES string of the molecule is Cc1ccc(C(O)c2cccnc2Sc2nc3ccccc3s2)cc1. The Hall–Kier alpha value is -2.21. The number of hydrogen-bond donors (Lipinski definition) is 1. The van der Waals surface area contributed by atoms with E-state index in [-0.39, 0.29) is 0 Å². The Labute approximate surface area is 154 Å². The molecule has 0 aliphatic heterocycles. The Kier molecular flexibility index (Phi) is 4.53. The molecule has 0 aliphatic carbocycles. The van der Waals surface area contributed by atoms with Crippen LogP contribution in [0.5, 0.6) is 0 Å².